The van der Waals surface area contributed by atoms with Gasteiger partial charge >= 0.3 is 6.18 Å². The molecule has 12 heteroatoms. The maximum atomic E-state index is 12.9. The number of carbonyl (C=O) groups is 1. The molecule has 1 saturated carbocycles. The SMILES string of the molecule is CC(C)Oc1cc(NC(C)C(F)(F)F)ccc1-c1cc(C(=O)NCC2CCC(S(C)(=O)=O)CC2)[nH]n1. The number of anilines is 1. The smallest absolute Gasteiger partial charge is 0.408 e. The zero-order chi connectivity index (χ0) is 26.7. The summed E-state index contributed by atoms with van der Waals surface area (Å²) < 4.78 is 68.1. The number of nitrogens with zero attached hydrogens (tertiary/aromatic N) is 1. The minimum Gasteiger partial charge on any atom is -0.490 e. The average Bonchev–Trinajstić information content (AvgIpc) is 3.26. The summed E-state index contributed by atoms with van der Waals surface area (Å²) >= 11 is 0. The lowest BCUT2D eigenvalue weighted by molar-refractivity contribution is -0.138. The maximum Gasteiger partial charge on any atom is 0.408 e. The van der Waals surface area contributed by atoms with Crippen molar-refractivity contribution in [3.63, 3.8) is 0 Å². The first-order valence-electron chi connectivity index (χ1n) is 11.9. The van der Waals surface area contributed by atoms with Gasteiger partial charge in [-0.3, -0.25) is 9.89 Å². The third-order valence-corrected chi connectivity index (χ3v) is 7.95. The first kappa shape index (κ1) is 27.8. The fourth-order valence-electron chi connectivity index (χ4n) is 4.18. The number of sulfone groups is 1. The Morgan fingerprint density at radius 2 is 1.83 bits per heavy atom. The number of H-pyrrole nitrogens is 1. The minimum atomic E-state index is -4.39. The van der Waals surface area contributed by atoms with Crippen molar-refractivity contribution in [1.82, 2.24) is 15.5 Å². The van der Waals surface area contributed by atoms with E-state index < -0.39 is 22.1 Å². The van der Waals surface area contributed by atoms with Crippen molar-refractivity contribution in [2.75, 3.05) is 18.1 Å². The van der Waals surface area contributed by atoms with Gasteiger partial charge in [0.15, 0.2) is 0 Å². The molecule has 3 N–H and O–H groups in total. The Hall–Kier alpha value is -2.76. The number of benzene rings is 1. The van der Waals surface area contributed by atoms with Crippen molar-refractivity contribution in [2.45, 2.75) is 70.0 Å². The first-order valence-corrected chi connectivity index (χ1v) is 13.9. The van der Waals surface area contributed by atoms with Crippen LogP contribution in [0.3, 0.4) is 0 Å². The average molecular weight is 531 g/mol. The van der Waals surface area contributed by atoms with Crippen LogP contribution in [0.5, 0.6) is 5.75 Å². The lowest BCUT2D eigenvalue weighted by atomic mass is 9.89. The number of hydrogen-bond acceptors (Lipinski definition) is 6. The molecule has 1 unspecified atom stereocenters. The summed E-state index contributed by atoms with van der Waals surface area (Å²) in [6.45, 7) is 5.07. The molecule has 0 bridgehead atoms. The van der Waals surface area contributed by atoms with E-state index in [1.165, 1.54) is 18.4 Å². The second-order valence-corrected chi connectivity index (χ2v) is 12.0. The summed E-state index contributed by atoms with van der Waals surface area (Å²) in [5, 5.41) is 11.9. The Morgan fingerprint density at radius 3 is 2.42 bits per heavy atom. The van der Waals surface area contributed by atoms with Gasteiger partial charge < -0.3 is 15.4 Å². The number of halogens is 3. The Balaban J connectivity index is 1.67. The molecular formula is C24H33F3N4O4S. The monoisotopic (exact) mass is 530 g/mol. The van der Waals surface area contributed by atoms with Crippen molar-refractivity contribution in [1.29, 1.82) is 0 Å². The predicted molar refractivity (Wildman–Crippen MR) is 132 cm³/mol. The highest BCUT2D eigenvalue weighted by molar-refractivity contribution is 7.91. The van der Waals surface area contributed by atoms with Crippen LogP contribution in [0.2, 0.25) is 0 Å². The number of rotatable bonds is 9. The largest absolute Gasteiger partial charge is 0.490 e. The summed E-state index contributed by atoms with van der Waals surface area (Å²) in [6.07, 6.45) is -0.712. The Kier molecular flexibility index (Phi) is 8.58. The van der Waals surface area contributed by atoms with Crippen molar-refractivity contribution in [3.05, 3.63) is 30.0 Å². The van der Waals surface area contributed by atoms with E-state index >= 15 is 0 Å². The van der Waals surface area contributed by atoms with E-state index in [-0.39, 0.29) is 34.6 Å². The summed E-state index contributed by atoms with van der Waals surface area (Å²) in [5.74, 6) is 0.201. The van der Waals surface area contributed by atoms with E-state index in [2.05, 4.69) is 20.8 Å². The molecule has 1 aliphatic carbocycles. The summed E-state index contributed by atoms with van der Waals surface area (Å²) in [6, 6.07) is 4.41. The standard InChI is InChI=1S/C24H33F3N4O4S/c1-14(2)35-22-11-17(29-15(3)24(25,26)27)7-10-19(22)20-12-21(31-30-20)23(32)28-13-16-5-8-18(9-6-16)36(4,33)34/h7,10-12,14-16,18,29H,5-6,8-9,13H2,1-4H3,(H,28,32)(H,30,31). The molecule has 3 rings (SSSR count). The summed E-state index contributed by atoms with van der Waals surface area (Å²) in [4.78, 5) is 12.7. The van der Waals surface area contributed by atoms with Gasteiger partial charge in [0, 0.05) is 30.1 Å². The highest BCUT2D eigenvalue weighted by Gasteiger charge is 2.36. The molecule has 1 fully saturated rings. The van der Waals surface area contributed by atoms with Crippen molar-refractivity contribution >= 4 is 21.4 Å². The zero-order valence-corrected chi connectivity index (χ0v) is 21.6. The van der Waals surface area contributed by atoms with Gasteiger partial charge in [-0.25, -0.2) is 8.42 Å². The van der Waals surface area contributed by atoms with Gasteiger partial charge in [0.25, 0.3) is 5.91 Å². The van der Waals surface area contributed by atoms with Crippen molar-refractivity contribution < 1.29 is 31.1 Å². The van der Waals surface area contributed by atoms with Crippen LogP contribution in [0, 0.1) is 5.92 Å². The number of carbonyl (C=O) groups excluding carboxylic acids is 1. The number of aromatic nitrogens is 2. The molecule has 0 radical (unpaired) electrons. The molecule has 36 heavy (non-hydrogen) atoms. The molecule has 1 atom stereocenters. The highest BCUT2D eigenvalue weighted by Crippen LogP contribution is 2.34. The fourth-order valence-corrected chi connectivity index (χ4v) is 5.31. The molecule has 1 aromatic carbocycles. The van der Waals surface area contributed by atoms with Gasteiger partial charge in [0.05, 0.1) is 17.0 Å². The van der Waals surface area contributed by atoms with E-state index in [1.54, 1.807) is 26.0 Å². The van der Waals surface area contributed by atoms with Crippen LogP contribution in [0.25, 0.3) is 11.3 Å². The minimum absolute atomic E-state index is 0.208. The normalized spacial score (nSPS) is 19.7. The lowest BCUT2D eigenvalue weighted by Gasteiger charge is -2.27. The van der Waals surface area contributed by atoms with Crippen LogP contribution < -0.4 is 15.4 Å². The topological polar surface area (TPSA) is 113 Å². The molecular weight excluding hydrogens is 497 g/mol. The van der Waals surface area contributed by atoms with Gasteiger partial charge in [-0.1, -0.05) is 0 Å². The number of aromatic amines is 1. The first-order chi connectivity index (χ1) is 16.7. The van der Waals surface area contributed by atoms with E-state index in [1.807, 2.05) is 0 Å². The number of amides is 1. The van der Waals surface area contributed by atoms with Crippen LogP contribution in [0.15, 0.2) is 24.3 Å². The van der Waals surface area contributed by atoms with Crippen LogP contribution in [0.1, 0.15) is 56.9 Å². The van der Waals surface area contributed by atoms with E-state index in [4.69, 9.17) is 4.74 Å². The number of hydrogen-bond donors (Lipinski definition) is 3. The van der Waals surface area contributed by atoms with Crippen molar-refractivity contribution in [2.24, 2.45) is 5.92 Å². The highest BCUT2D eigenvalue weighted by atomic mass is 32.2. The third-order valence-electron chi connectivity index (χ3n) is 6.27. The molecule has 0 spiro atoms. The molecule has 2 aromatic rings. The Bertz CT molecular complexity index is 1160. The van der Waals surface area contributed by atoms with E-state index in [0.717, 1.165) is 19.8 Å². The molecule has 200 valence electrons. The molecule has 8 nitrogen and oxygen atoms in total. The second-order valence-electron chi connectivity index (χ2n) is 9.63. The predicted octanol–water partition coefficient (Wildman–Crippen LogP) is 4.56. The van der Waals surface area contributed by atoms with Crippen LogP contribution >= 0.6 is 0 Å². The van der Waals surface area contributed by atoms with Gasteiger partial charge in [-0.15, -0.1) is 0 Å². The maximum absolute atomic E-state index is 12.9. The molecule has 1 aromatic heterocycles. The van der Waals surface area contributed by atoms with E-state index in [0.29, 0.717) is 36.4 Å². The number of alkyl halides is 3. The molecule has 1 aliphatic rings. The quantitative estimate of drug-likeness (QED) is 0.438. The van der Waals surface area contributed by atoms with Crippen LogP contribution in [-0.4, -0.2) is 60.9 Å². The lowest BCUT2D eigenvalue weighted by Crippen LogP contribution is -2.34. The van der Waals surface area contributed by atoms with Gasteiger partial charge in [0.1, 0.15) is 27.3 Å². The fraction of sp³-hybridized carbons (Fsp3) is 0.583. The molecule has 1 amide bonds. The molecule has 1 heterocycles. The summed E-state index contributed by atoms with van der Waals surface area (Å²) in [7, 11) is -3.04. The third kappa shape index (κ3) is 7.37. The Morgan fingerprint density at radius 1 is 1.17 bits per heavy atom. The number of nitrogens with one attached hydrogen (secondary N) is 3. The second kappa shape index (κ2) is 11.1. The molecule has 0 aliphatic heterocycles. The summed E-state index contributed by atoms with van der Waals surface area (Å²) in [5.41, 5.74) is 1.43. The zero-order valence-electron chi connectivity index (χ0n) is 20.8. The Labute approximate surface area is 209 Å². The van der Waals surface area contributed by atoms with Crippen molar-refractivity contribution in [3.8, 4) is 17.0 Å². The molecule has 0 saturated heterocycles. The van der Waals surface area contributed by atoms with E-state index in [9.17, 15) is 26.4 Å². The van der Waals surface area contributed by atoms with Gasteiger partial charge in [-0.2, -0.15) is 18.3 Å². The van der Waals surface area contributed by atoms with Gasteiger partial charge in [0.2, 0.25) is 0 Å². The number of ether oxygens (including phenoxy) is 1. The van der Waals surface area contributed by atoms with Crippen LogP contribution in [0.4, 0.5) is 18.9 Å². The van der Waals surface area contributed by atoms with Gasteiger partial charge in [-0.05, 0) is 70.6 Å². The van der Waals surface area contributed by atoms with Crippen LogP contribution in [-0.2, 0) is 9.84 Å².